The van der Waals surface area contributed by atoms with Crippen LogP contribution in [0.1, 0.15) is 5.69 Å². The van der Waals surface area contributed by atoms with Crippen LogP contribution in [0.5, 0.6) is 5.75 Å². The van der Waals surface area contributed by atoms with Gasteiger partial charge in [0.1, 0.15) is 5.75 Å². The summed E-state index contributed by atoms with van der Waals surface area (Å²) in [6.45, 7) is 0.558. The molecule has 4 nitrogen and oxygen atoms in total. The van der Waals surface area contributed by atoms with Crippen LogP contribution in [0.3, 0.4) is 0 Å². The van der Waals surface area contributed by atoms with Crippen molar-refractivity contribution < 1.29 is 5.11 Å². The van der Waals surface area contributed by atoms with E-state index in [0.29, 0.717) is 6.54 Å². The van der Waals surface area contributed by atoms with Crippen molar-refractivity contribution in [1.82, 2.24) is 10.2 Å². The van der Waals surface area contributed by atoms with Crippen LogP contribution in [0.2, 0.25) is 0 Å². The van der Waals surface area contributed by atoms with Gasteiger partial charge in [-0.15, -0.1) is 0 Å². The quantitative estimate of drug-likeness (QED) is 0.703. The summed E-state index contributed by atoms with van der Waals surface area (Å²) in [5.74, 6) is 0.261. The van der Waals surface area contributed by atoms with Gasteiger partial charge >= 0.3 is 0 Å². The average molecular weight is 203 g/mol. The van der Waals surface area contributed by atoms with Gasteiger partial charge in [0, 0.05) is 23.2 Å². The zero-order chi connectivity index (χ0) is 10.7. The molecule has 1 aromatic heterocycles. The molecular weight excluding hydrogens is 190 g/mol. The van der Waals surface area contributed by atoms with Gasteiger partial charge in [0.2, 0.25) is 0 Å². The molecule has 0 radical (unpaired) electrons. The van der Waals surface area contributed by atoms with Crippen molar-refractivity contribution in [2.45, 2.75) is 6.42 Å². The number of hydrogen-bond acceptors (Lipinski definition) is 3. The Morgan fingerprint density at radius 1 is 1.27 bits per heavy atom. The number of nitrogens with one attached hydrogen (secondary N) is 1. The predicted molar refractivity (Wildman–Crippen MR) is 58.4 cm³/mol. The predicted octanol–water partition coefficient (Wildman–Crippen LogP) is 1.28. The van der Waals surface area contributed by atoms with E-state index in [9.17, 15) is 5.11 Å². The fourth-order valence-electron chi connectivity index (χ4n) is 1.58. The lowest BCUT2D eigenvalue weighted by Crippen LogP contribution is -2.03. The third kappa shape index (κ3) is 1.85. The number of phenolic OH excluding ortho intramolecular Hbond substituents is 1. The highest BCUT2D eigenvalue weighted by atomic mass is 16.3. The van der Waals surface area contributed by atoms with Crippen molar-refractivity contribution in [2.75, 3.05) is 6.54 Å². The van der Waals surface area contributed by atoms with Gasteiger partial charge in [-0.25, -0.2) is 0 Å². The van der Waals surface area contributed by atoms with Crippen LogP contribution in [0, 0.1) is 0 Å². The van der Waals surface area contributed by atoms with Gasteiger partial charge in [-0.1, -0.05) is 18.2 Å². The molecule has 0 aliphatic carbocycles. The maximum atomic E-state index is 9.70. The van der Waals surface area contributed by atoms with Crippen LogP contribution < -0.4 is 5.73 Å². The van der Waals surface area contributed by atoms with Crippen LogP contribution in [0.15, 0.2) is 30.5 Å². The highest BCUT2D eigenvalue weighted by Gasteiger charge is 2.09. The van der Waals surface area contributed by atoms with E-state index in [4.69, 9.17) is 5.73 Å². The largest absolute Gasteiger partial charge is 0.507 e. The molecule has 1 heterocycles. The summed E-state index contributed by atoms with van der Waals surface area (Å²) in [5, 5.41) is 16.6. The minimum Gasteiger partial charge on any atom is -0.507 e. The maximum Gasteiger partial charge on any atom is 0.123 e. The smallest absolute Gasteiger partial charge is 0.123 e. The summed E-state index contributed by atoms with van der Waals surface area (Å²) in [7, 11) is 0. The van der Waals surface area contributed by atoms with Crippen LogP contribution in [0.4, 0.5) is 0 Å². The molecule has 2 aromatic rings. The van der Waals surface area contributed by atoms with Crippen LogP contribution in [-0.4, -0.2) is 21.8 Å². The minimum atomic E-state index is 0.261. The van der Waals surface area contributed by atoms with E-state index in [1.807, 2.05) is 12.1 Å². The monoisotopic (exact) mass is 203 g/mol. The number of rotatable bonds is 3. The van der Waals surface area contributed by atoms with E-state index in [-0.39, 0.29) is 5.75 Å². The second-order valence-corrected chi connectivity index (χ2v) is 3.32. The highest BCUT2D eigenvalue weighted by Crippen LogP contribution is 2.30. The zero-order valence-electron chi connectivity index (χ0n) is 8.27. The first-order valence-corrected chi connectivity index (χ1v) is 4.83. The number of H-pyrrole nitrogens is 1. The number of aromatic hydroxyl groups is 1. The van der Waals surface area contributed by atoms with E-state index in [2.05, 4.69) is 10.2 Å². The Morgan fingerprint density at radius 3 is 2.80 bits per heavy atom. The first kappa shape index (κ1) is 9.73. The van der Waals surface area contributed by atoms with E-state index in [1.165, 1.54) is 0 Å². The fraction of sp³-hybridized carbons (Fsp3) is 0.182. The van der Waals surface area contributed by atoms with Crippen LogP contribution >= 0.6 is 0 Å². The van der Waals surface area contributed by atoms with Crippen LogP contribution in [-0.2, 0) is 6.42 Å². The summed E-state index contributed by atoms with van der Waals surface area (Å²) < 4.78 is 0. The molecule has 4 heteroatoms. The Hall–Kier alpha value is -1.81. The fourth-order valence-corrected chi connectivity index (χ4v) is 1.58. The van der Waals surface area contributed by atoms with E-state index in [0.717, 1.165) is 23.2 Å². The summed E-state index contributed by atoms with van der Waals surface area (Å²) >= 11 is 0. The molecule has 0 saturated carbocycles. The van der Waals surface area contributed by atoms with Crippen molar-refractivity contribution in [3.05, 3.63) is 36.2 Å². The van der Waals surface area contributed by atoms with Crippen LogP contribution in [0.25, 0.3) is 11.1 Å². The van der Waals surface area contributed by atoms with Crippen molar-refractivity contribution in [1.29, 1.82) is 0 Å². The molecule has 0 aliphatic rings. The molecular formula is C11H13N3O. The normalized spacial score (nSPS) is 10.5. The Balaban J connectivity index is 2.45. The summed E-state index contributed by atoms with van der Waals surface area (Å²) in [6, 6.07) is 7.20. The molecule has 0 aliphatic heterocycles. The van der Waals surface area contributed by atoms with Gasteiger partial charge < -0.3 is 10.8 Å². The number of nitrogens with two attached hydrogens (primary N) is 1. The van der Waals surface area contributed by atoms with Crippen molar-refractivity contribution in [3.8, 4) is 16.9 Å². The molecule has 15 heavy (non-hydrogen) atoms. The highest BCUT2D eigenvalue weighted by molar-refractivity contribution is 5.71. The maximum absolute atomic E-state index is 9.70. The number of aromatic nitrogens is 2. The lowest BCUT2D eigenvalue weighted by atomic mass is 10.0. The van der Waals surface area contributed by atoms with Gasteiger partial charge in [-0.3, -0.25) is 5.10 Å². The molecule has 78 valence electrons. The average Bonchev–Trinajstić information content (AvgIpc) is 2.67. The van der Waals surface area contributed by atoms with Crippen molar-refractivity contribution >= 4 is 0 Å². The van der Waals surface area contributed by atoms with E-state index >= 15 is 0 Å². The van der Waals surface area contributed by atoms with Gasteiger partial charge in [0.15, 0.2) is 0 Å². The number of aromatic amines is 1. The van der Waals surface area contributed by atoms with Crippen molar-refractivity contribution in [3.63, 3.8) is 0 Å². The first-order chi connectivity index (χ1) is 7.33. The molecule has 4 N–H and O–H groups in total. The first-order valence-electron chi connectivity index (χ1n) is 4.83. The Morgan fingerprint density at radius 2 is 2.07 bits per heavy atom. The summed E-state index contributed by atoms with van der Waals surface area (Å²) in [4.78, 5) is 0. The Kier molecular flexibility index (Phi) is 2.69. The molecule has 0 fully saturated rings. The molecule has 1 aromatic carbocycles. The van der Waals surface area contributed by atoms with Gasteiger partial charge in [0.25, 0.3) is 0 Å². The molecule has 0 unspecified atom stereocenters. The third-order valence-electron chi connectivity index (χ3n) is 2.31. The molecule has 0 atom stereocenters. The van der Waals surface area contributed by atoms with Crippen molar-refractivity contribution in [2.24, 2.45) is 5.73 Å². The third-order valence-corrected chi connectivity index (χ3v) is 2.31. The Bertz CT molecular complexity index is 451. The summed E-state index contributed by atoms with van der Waals surface area (Å²) in [5.41, 5.74) is 8.15. The molecule has 0 amide bonds. The van der Waals surface area contributed by atoms with Gasteiger partial charge in [0.05, 0.1) is 6.20 Å². The number of nitrogens with zero attached hydrogens (tertiary/aromatic N) is 1. The lowest BCUT2D eigenvalue weighted by molar-refractivity contribution is 0.477. The minimum absolute atomic E-state index is 0.261. The van der Waals surface area contributed by atoms with Gasteiger partial charge in [-0.2, -0.15) is 5.10 Å². The second-order valence-electron chi connectivity index (χ2n) is 3.32. The summed E-state index contributed by atoms with van der Waals surface area (Å²) in [6.07, 6.45) is 2.43. The molecule has 0 saturated heterocycles. The number of benzene rings is 1. The van der Waals surface area contributed by atoms with Gasteiger partial charge in [-0.05, 0) is 12.6 Å². The number of phenols is 1. The molecule has 2 rings (SSSR count). The number of hydrogen-bond donors (Lipinski definition) is 3. The topological polar surface area (TPSA) is 74.9 Å². The Labute approximate surface area is 87.7 Å². The van der Waals surface area contributed by atoms with E-state index < -0.39 is 0 Å². The number of para-hydroxylation sites is 1. The second kappa shape index (κ2) is 4.14. The zero-order valence-corrected chi connectivity index (χ0v) is 8.27. The van der Waals surface area contributed by atoms with E-state index in [1.54, 1.807) is 18.3 Å². The standard InChI is InChI=1S/C11H13N3O/c12-6-5-10-9(7-13-14-10)8-3-1-2-4-11(8)15/h1-4,7,15H,5-6,12H2,(H,13,14). The lowest BCUT2D eigenvalue weighted by Gasteiger charge is -2.03. The molecule has 0 bridgehead atoms. The molecule has 0 spiro atoms. The SMILES string of the molecule is NCCc1[nH]ncc1-c1ccccc1O.